The van der Waals surface area contributed by atoms with Crippen molar-refractivity contribution in [1.29, 1.82) is 0 Å². The number of hydrogen-bond donors (Lipinski definition) is 1. The van der Waals surface area contributed by atoms with E-state index in [1.54, 1.807) is 6.07 Å². The number of likely N-dealkylation sites (tertiary alicyclic amines) is 1. The quantitative estimate of drug-likeness (QED) is 0.849. The number of aryl methyl sites for hydroxylation is 1. The van der Waals surface area contributed by atoms with Crippen molar-refractivity contribution in [2.75, 3.05) is 6.54 Å². The molecule has 1 amide bonds. The van der Waals surface area contributed by atoms with Crippen molar-refractivity contribution in [3.63, 3.8) is 0 Å². The third-order valence-electron chi connectivity index (χ3n) is 6.15. The molecule has 2 aliphatic heterocycles. The summed E-state index contributed by atoms with van der Waals surface area (Å²) in [4.78, 5) is 19.7. The maximum Gasteiger partial charge on any atom is 0.254 e. The van der Waals surface area contributed by atoms with Gasteiger partial charge in [0, 0.05) is 36.7 Å². The van der Waals surface area contributed by atoms with E-state index in [0.29, 0.717) is 11.7 Å². The fraction of sp³-hybridized carbons (Fsp3) is 0.364. The SMILES string of the molecule is O=C(c1ccc2c(c1)N=CC2)N1CCCC2c3cc(O)ccc3CC[C@@H]21. The Balaban J connectivity index is 1.47. The lowest BCUT2D eigenvalue weighted by atomic mass is 9.74. The Morgan fingerprint density at radius 2 is 2.00 bits per heavy atom. The number of carbonyl (C=O) groups excluding carboxylic acids is 1. The van der Waals surface area contributed by atoms with Gasteiger partial charge in [-0.2, -0.15) is 0 Å². The molecule has 0 spiro atoms. The molecular weight excluding hydrogens is 324 g/mol. The number of fused-ring (bicyclic) bond motifs is 4. The van der Waals surface area contributed by atoms with Gasteiger partial charge in [-0.1, -0.05) is 12.1 Å². The maximum absolute atomic E-state index is 13.3. The van der Waals surface area contributed by atoms with E-state index >= 15 is 0 Å². The molecule has 2 aromatic rings. The van der Waals surface area contributed by atoms with Gasteiger partial charge < -0.3 is 10.0 Å². The third kappa shape index (κ3) is 2.44. The molecule has 1 saturated heterocycles. The molecule has 1 N–H and O–H groups in total. The van der Waals surface area contributed by atoms with Crippen LogP contribution in [0.5, 0.6) is 5.75 Å². The second kappa shape index (κ2) is 5.97. The van der Waals surface area contributed by atoms with Gasteiger partial charge in [0.25, 0.3) is 5.91 Å². The highest BCUT2D eigenvalue weighted by Gasteiger charge is 2.38. The smallest absolute Gasteiger partial charge is 0.254 e. The zero-order valence-electron chi connectivity index (χ0n) is 14.7. The van der Waals surface area contributed by atoms with E-state index in [4.69, 9.17) is 0 Å². The zero-order valence-corrected chi connectivity index (χ0v) is 14.7. The standard InChI is InChI=1S/C22H22N2O2/c25-17-7-5-14-6-8-21-18(19(14)13-17)2-1-11-24(21)22(26)16-4-3-15-9-10-23-20(15)12-16/h3-5,7,10,12-13,18,21,25H,1-2,6,8-9,11H2/t18?,21-/m0/s1. The van der Waals surface area contributed by atoms with Crippen LogP contribution in [0.1, 0.15) is 52.2 Å². The molecular formula is C22H22N2O2. The summed E-state index contributed by atoms with van der Waals surface area (Å²) < 4.78 is 0. The van der Waals surface area contributed by atoms with E-state index < -0.39 is 0 Å². The summed E-state index contributed by atoms with van der Waals surface area (Å²) in [5, 5.41) is 9.93. The van der Waals surface area contributed by atoms with Crippen LogP contribution in [0.4, 0.5) is 5.69 Å². The lowest BCUT2D eigenvalue weighted by molar-refractivity contribution is 0.0547. The molecule has 132 valence electrons. The summed E-state index contributed by atoms with van der Waals surface area (Å²) in [7, 11) is 0. The number of carbonyl (C=O) groups is 1. The predicted molar refractivity (Wildman–Crippen MR) is 102 cm³/mol. The molecule has 1 fully saturated rings. The van der Waals surface area contributed by atoms with Crippen molar-refractivity contribution in [3.8, 4) is 5.75 Å². The summed E-state index contributed by atoms with van der Waals surface area (Å²) in [6, 6.07) is 11.9. The lowest BCUT2D eigenvalue weighted by Gasteiger charge is -2.45. The second-order valence-corrected chi connectivity index (χ2v) is 7.60. The molecule has 2 heterocycles. The summed E-state index contributed by atoms with van der Waals surface area (Å²) in [5.41, 5.74) is 5.43. The van der Waals surface area contributed by atoms with Crippen LogP contribution in [0.2, 0.25) is 0 Å². The molecule has 4 nitrogen and oxygen atoms in total. The summed E-state index contributed by atoms with van der Waals surface area (Å²) in [6.45, 7) is 0.814. The fourth-order valence-electron chi connectivity index (χ4n) is 4.89. The number of nitrogens with zero attached hydrogens (tertiary/aromatic N) is 2. The number of benzene rings is 2. The number of aliphatic imine (C=N–C) groups is 1. The third-order valence-corrected chi connectivity index (χ3v) is 6.15. The Morgan fingerprint density at radius 3 is 2.92 bits per heavy atom. The lowest BCUT2D eigenvalue weighted by Crippen LogP contribution is -2.49. The molecule has 0 aromatic heterocycles. The number of rotatable bonds is 1. The highest BCUT2D eigenvalue weighted by atomic mass is 16.3. The van der Waals surface area contributed by atoms with Gasteiger partial charge in [0.1, 0.15) is 5.75 Å². The van der Waals surface area contributed by atoms with Crippen LogP contribution in [-0.4, -0.2) is 34.7 Å². The molecule has 5 rings (SSSR count). The molecule has 2 aromatic carbocycles. The van der Waals surface area contributed by atoms with Crippen LogP contribution in [0, 0.1) is 0 Å². The number of piperidine rings is 1. The van der Waals surface area contributed by atoms with Crippen molar-refractivity contribution >= 4 is 17.8 Å². The minimum absolute atomic E-state index is 0.119. The molecule has 26 heavy (non-hydrogen) atoms. The van der Waals surface area contributed by atoms with Gasteiger partial charge in [-0.15, -0.1) is 0 Å². The van der Waals surface area contributed by atoms with Crippen molar-refractivity contribution in [3.05, 3.63) is 58.7 Å². The summed E-state index contributed by atoms with van der Waals surface area (Å²) in [6.07, 6.45) is 6.82. The van der Waals surface area contributed by atoms with Crippen molar-refractivity contribution in [2.24, 2.45) is 4.99 Å². The van der Waals surface area contributed by atoms with Crippen LogP contribution in [-0.2, 0) is 12.8 Å². The first-order valence-corrected chi connectivity index (χ1v) is 9.49. The fourth-order valence-corrected chi connectivity index (χ4v) is 4.89. The number of phenolic OH excluding ortho intramolecular Hbond substituents is 1. The maximum atomic E-state index is 13.3. The number of amides is 1. The molecule has 0 saturated carbocycles. The Bertz CT molecular complexity index is 918. The van der Waals surface area contributed by atoms with Crippen molar-refractivity contribution in [2.45, 2.75) is 44.1 Å². The van der Waals surface area contributed by atoms with Gasteiger partial charge in [0.15, 0.2) is 0 Å². The predicted octanol–water partition coefficient (Wildman–Crippen LogP) is 3.99. The molecule has 0 bridgehead atoms. The van der Waals surface area contributed by atoms with Crippen LogP contribution in [0.15, 0.2) is 41.4 Å². The molecule has 1 unspecified atom stereocenters. The minimum atomic E-state index is 0.119. The van der Waals surface area contributed by atoms with Gasteiger partial charge in [-0.25, -0.2) is 0 Å². The average molecular weight is 346 g/mol. The van der Waals surface area contributed by atoms with Gasteiger partial charge in [0.05, 0.1) is 5.69 Å². The van der Waals surface area contributed by atoms with Gasteiger partial charge in [0.2, 0.25) is 0 Å². The Labute approximate surface area is 153 Å². The normalized spacial score (nSPS) is 23.3. The molecule has 2 atom stereocenters. The Kier molecular flexibility index (Phi) is 3.59. The average Bonchev–Trinajstić information content (AvgIpc) is 3.14. The van der Waals surface area contributed by atoms with Crippen LogP contribution in [0.25, 0.3) is 0 Å². The first-order valence-electron chi connectivity index (χ1n) is 9.49. The molecule has 3 aliphatic rings. The largest absolute Gasteiger partial charge is 0.508 e. The second-order valence-electron chi connectivity index (χ2n) is 7.60. The van der Waals surface area contributed by atoms with E-state index in [1.165, 1.54) is 16.7 Å². The highest BCUT2D eigenvalue weighted by molar-refractivity contribution is 5.96. The topological polar surface area (TPSA) is 52.9 Å². The molecule has 0 radical (unpaired) electrons. The Morgan fingerprint density at radius 1 is 1.12 bits per heavy atom. The first-order chi connectivity index (χ1) is 12.7. The molecule has 1 aliphatic carbocycles. The highest BCUT2D eigenvalue weighted by Crippen LogP contribution is 2.42. The summed E-state index contributed by atoms with van der Waals surface area (Å²) in [5.74, 6) is 0.772. The minimum Gasteiger partial charge on any atom is -0.508 e. The van der Waals surface area contributed by atoms with E-state index in [9.17, 15) is 9.90 Å². The zero-order chi connectivity index (χ0) is 17.7. The first kappa shape index (κ1) is 15.6. The number of phenols is 1. The monoisotopic (exact) mass is 346 g/mol. The van der Waals surface area contributed by atoms with Gasteiger partial charge in [-0.3, -0.25) is 9.79 Å². The van der Waals surface area contributed by atoms with Gasteiger partial charge >= 0.3 is 0 Å². The Hall–Kier alpha value is -2.62. The van der Waals surface area contributed by atoms with Crippen LogP contribution >= 0.6 is 0 Å². The number of aromatic hydroxyl groups is 1. The van der Waals surface area contributed by atoms with E-state index in [2.05, 4.69) is 9.89 Å². The van der Waals surface area contributed by atoms with Crippen LogP contribution < -0.4 is 0 Å². The number of hydrogen-bond acceptors (Lipinski definition) is 3. The molecule has 4 heteroatoms. The van der Waals surface area contributed by atoms with Gasteiger partial charge in [-0.05, 0) is 66.6 Å². The van der Waals surface area contributed by atoms with E-state index in [-0.39, 0.29) is 11.9 Å². The van der Waals surface area contributed by atoms with Crippen molar-refractivity contribution < 1.29 is 9.90 Å². The summed E-state index contributed by atoms with van der Waals surface area (Å²) >= 11 is 0. The van der Waals surface area contributed by atoms with Crippen molar-refractivity contribution in [1.82, 2.24) is 4.90 Å². The van der Waals surface area contributed by atoms with Crippen LogP contribution in [0.3, 0.4) is 0 Å². The van der Waals surface area contributed by atoms with E-state index in [1.807, 2.05) is 36.5 Å². The van der Waals surface area contributed by atoms with E-state index in [0.717, 1.165) is 49.9 Å².